The summed E-state index contributed by atoms with van der Waals surface area (Å²) < 4.78 is 19.7. The zero-order valence-electron chi connectivity index (χ0n) is 23.6. The summed E-state index contributed by atoms with van der Waals surface area (Å²) in [7, 11) is 0. The second kappa shape index (κ2) is 10.5. The van der Waals surface area contributed by atoms with Crippen LogP contribution in [0.25, 0.3) is 5.69 Å². The van der Waals surface area contributed by atoms with Crippen molar-refractivity contribution in [1.29, 1.82) is 0 Å². The van der Waals surface area contributed by atoms with Crippen molar-refractivity contribution in [2.24, 2.45) is 0 Å². The molecule has 2 atom stereocenters. The normalized spacial score (nSPS) is 17.4. The highest BCUT2D eigenvalue weighted by atomic mass is 32.1. The minimum Gasteiger partial charge on any atom is -0.457 e. The fourth-order valence-electron chi connectivity index (χ4n) is 5.93. The number of fused-ring (bicyclic) bond motifs is 1. The molecule has 210 valence electrons. The number of aryl methyl sites for hydroxylation is 2. The number of benzene rings is 3. The van der Waals surface area contributed by atoms with Gasteiger partial charge in [0.1, 0.15) is 11.5 Å². The van der Waals surface area contributed by atoms with Gasteiger partial charge in [-0.25, -0.2) is 0 Å². The molecule has 2 unspecified atom stereocenters. The van der Waals surface area contributed by atoms with E-state index in [2.05, 4.69) is 52.9 Å². The van der Waals surface area contributed by atoms with Gasteiger partial charge in [-0.2, -0.15) is 0 Å². The van der Waals surface area contributed by atoms with E-state index >= 15 is 0 Å². The highest BCUT2D eigenvalue weighted by molar-refractivity contribution is 7.80. The molecule has 7 rings (SSSR count). The van der Waals surface area contributed by atoms with Crippen molar-refractivity contribution in [3.63, 3.8) is 0 Å². The number of nitrogens with zero attached hydrogens (tertiary/aromatic N) is 3. The molecule has 3 aromatic carbocycles. The van der Waals surface area contributed by atoms with E-state index in [-0.39, 0.29) is 18.9 Å². The molecule has 4 heterocycles. The van der Waals surface area contributed by atoms with Crippen molar-refractivity contribution in [2.75, 3.05) is 11.7 Å². The summed E-state index contributed by atoms with van der Waals surface area (Å²) in [5, 5.41) is 4.23. The molecular formula is C34H30N4O3S. The molecule has 0 spiro atoms. The van der Waals surface area contributed by atoms with Crippen LogP contribution in [0.5, 0.6) is 23.0 Å². The average Bonchev–Trinajstić information content (AvgIpc) is 3.69. The van der Waals surface area contributed by atoms with Crippen molar-refractivity contribution < 1.29 is 14.2 Å². The SMILES string of the molecule is Cc1ccccc1Oc1ccc(N2C(=S)NC(c3ccccn3)C2c2cc(C)n(-c3ccc4c(c3)OCO4)c2C)cc1. The maximum Gasteiger partial charge on any atom is 0.231 e. The van der Waals surface area contributed by atoms with Crippen molar-refractivity contribution in [3.05, 3.63) is 125 Å². The Kier molecular flexibility index (Phi) is 6.55. The van der Waals surface area contributed by atoms with E-state index in [1.165, 1.54) is 0 Å². The van der Waals surface area contributed by atoms with Crippen molar-refractivity contribution in [2.45, 2.75) is 32.9 Å². The monoisotopic (exact) mass is 574 g/mol. The third-order valence-corrected chi connectivity index (χ3v) is 8.25. The fraction of sp³-hybridized carbons (Fsp3) is 0.176. The predicted molar refractivity (Wildman–Crippen MR) is 167 cm³/mol. The molecule has 7 nitrogen and oxygen atoms in total. The molecule has 0 radical (unpaired) electrons. The first-order valence-corrected chi connectivity index (χ1v) is 14.3. The number of pyridine rings is 1. The predicted octanol–water partition coefficient (Wildman–Crippen LogP) is 7.50. The summed E-state index contributed by atoms with van der Waals surface area (Å²) in [5.74, 6) is 3.13. The van der Waals surface area contributed by atoms with E-state index in [0.717, 1.165) is 62.6 Å². The van der Waals surface area contributed by atoms with Crippen LogP contribution in [0.1, 0.15) is 40.3 Å². The molecule has 8 heteroatoms. The number of rotatable bonds is 6. The molecule has 1 N–H and O–H groups in total. The lowest BCUT2D eigenvalue weighted by molar-refractivity contribution is 0.174. The Labute approximate surface area is 250 Å². The molecule has 2 aliphatic heterocycles. The molecule has 42 heavy (non-hydrogen) atoms. The molecule has 2 aliphatic rings. The Hall–Kier alpha value is -4.82. The standard InChI is InChI=1S/C34H30N4O3S/c1-21-8-4-5-10-29(21)41-26-14-11-24(12-15-26)38-33(32(36-34(38)42)28-9-6-7-17-35-28)27-18-22(2)37(23(27)3)25-13-16-30-31(19-25)40-20-39-30/h4-19,32-33H,20H2,1-3H3,(H,36,42). The fourth-order valence-corrected chi connectivity index (χ4v) is 6.28. The summed E-state index contributed by atoms with van der Waals surface area (Å²) in [6.45, 7) is 6.56. The van der Waals surface area contributed by atoms with Gasteiger partial charge in [-0.15, -0.1) is 0 Å². The quantitative estimate of drug-likeness (QED) is 0.211. The van der Waals surface area contributed by atoms with E-state index < -0.39 is 0 Å². The molecule has 0 amide bonds. The van der Waals surface area contributed by atoms with E-state index in [1.54, 1.807) is 0 Å². The van der Waals surface area contributed by atoms with Crippen LogP contribution in [0.3, 0.4) is 0 Å². The van der Waals surface area contributed by atoms with Gasteiger partial charge in [0.05, 0.1) is 17.8 Å². The first-order valence-electron chi connectivity index (χ1n) is 13.9. The molecule has 0 bridgehead atoms. The topological polar surface area (TPSA) is 60.8 Å². The van der Waals surface area contributed by atoms with Crippen LogP contribution >= 0.6 is 12.2 Å². The minimum absolute atomic E-state index is 0.135. The average molecular weight is 575 g/mol. The molecule has 2 aromatic heterocycles. The Morgan fingerprint density at radius 2 is 1.62 bits per heavy atom. The molecule has 1 fully saturated rings. The Bertz CT molecular complexity index is 1790. The lowest BCUT2D eigenvalue weighted by atomic mass is 9.96. The van der Waals surface area contributed by atoms with Gasteiger partial charge in [-0.1, -0.05) is 24.3 Å². The third kappa shape index (κ3) is 4.54. The Morgan fingerprint density at radius 3 is 2.40 bits per heavy atom. The molecular weight excluding hydrogens is 544 g/mol. The second-order valence-electron chi connectivity index (χ2n) is 10.6. The van der Waals surface area contributed by atoms with Crippen LogP contribution in [0, 0.1) is 20.8 Å². The van der Waals surface area contributed by atoms with Crippen LogP contribution in [-0.4, -0.2) is 21.5 Å². The van der Waals surface area contributed by atoms with Crippen molar-refractivity contribution in [1.82, 2.24) is 14.9 Å². The van der Waals surface area contributed by atoms with Gasteiger partial charge in [0.15, 0.2) is 16.6 Å². The Morgan fingerprint density at radius 1 is 0.857 bits per heavy atom. The number of thiocarbonyl (C=S) groups is 1. The zero-order chi connectivity index (χ0) is 28.8. The Balaban J connectivity index is 1.29. The number of hydrogen-bond acceptors (Lipinski definition) is 5. The van der Waals surface area contributed by atoms with Gasteiger partial charge >= 0.3 is 0 Å². The largest absolute Gasteiger partial charge is 0.457 e. The number of hydrogen-bond donors (Lipinski definition) is 1. The lowest BCUT2D eigenvalue weighted by Gasteiger charge is -2.28. The first kappa shape index (κ1) is 26.1. The summed E-state index contributed by atoms with van der Waals surface area (Å²) in [6.07, 6.45) is 1.83. The van der Waals surface area contributed by atoms with E-state index in [4.69, 9.17) is 31.4 Å². The third-order valence-electron chi connectivity index (χ3n) is 7.94. The number of para-hydroxylation sites is 1. The number of aromatic nitrogens is 2. The summed E-state index contributed by atoms with van der Waals surface area (Å²) >= 11 is 5.98. The van der Waals surface area contributed by atoms with Gasteiger partial charge in [-0.05, 0) is 105 Å². The van der Waals surface area contributed by atoms with Crippen molar-refractivity contribution >= 4 is 23.0 Å². The lowest BCUT2D eigenvalue weighted by Crippen LogP contribution is -2.29. The second-order valence-corrected chi connectivity index (χ2v) is 10.9. The van der Waals surface area contributed by atoms with Crippen molar-refractivity contribution in [3.8, 4) is 28.7 Å². The van der Waals surface area contributed by atoms with E-state index in [0.29, 0.717) is 5.11 Å². The van der Waals surface area contributed by atoms with E-state index in [1.807, 2.05) is 79.9 Å². The van der Waals surface area contributed by atoms with Gasteiger partial charge in [0.25, 0.3) is 0 Å². The van der Waals surface area contributed by atoms with E-state index in [9.17, 15) is 0 Å². The minimum atomic E-state index is -0.146. The van der Waals surface area contributed by atoms with Crippen LogP contribution in [0.15, 0.2) is 97.2 Å². The van der Waals surface area contributed by atoms with Crippen LogP contribution in [0.4, 0.5) is 5.69 Å². The highest BCUT2D eigenvalue weighted by Gasteiger charge is 2.42. The zero-order valence-corrected chi connectivity index (χ0v) is 24.4. The van der Waals surface area contributed by atoms with Crippen LogP contribution in [-0.2, 0) is 0 Å². The summed E-state index contributed by atoms with van der Waals surface area (Å²) in [4.78, 5) is 6.91. The first-order chi connectivity index (χ1) is 20.5. The highest BCUT2D eigenvalue weighted by Crippen LogP contribution is 2.44. The number of anilines is 1. The van der Waals surface area contributed by atoms with Gasteiger partial charge in [-0.3, -0.25) is 4.98 Å². The number of nitrogens with one attached hydrogen (secondary N) is 1. The molecule has 1 saturated heterocycles. The van der Waals surface area contributed by atoms with Gasteiger partial charge in [0, 0.05) is 35.0 Å². The smallest absolute Gasteiger partial charge is 0.231 e. The van der Waals surface area contributed by atoms with Crippen LogP contribution < -0.4 is 24.4 Å². The maximum atomic E-state index is 6.17. The number of ether oxygens (including phenoxy) is 3. The van der Waals surface area contributed by atoms with Gasteiger partial charge in [0.2, 0.25) is 6.79 Å². The summed E-state index contributed by atoms with van der Waals surface area (Å²) in [6, 6.07) is 30.1. The summed E-state index contributed by atoms with van der Waals surface area (Å²) in [5.41, 5.74) is 7.40. The maximum absolute atomic E-state index is 6.17. The van der Waals surface area contributed by atoms with Crippen LogP contribution in [0.2, 0.25) is 0 Å². The molecule has 0 saturated carbocycles. The molecule has 0 aliphatic carbocycles. The molecule has 5 aromatic rings. The van der Waals surface area contributed by atoms with Gasteiger partial charge < -0.3 is 29.0 Å².